The van der Waals surface area contributed by atoms with Gasteiger partial charge in [0, 0.05) is 22.9 Å². The zero-order valence-electron chi connectivity index (χ0n) is 19.1. The Morgan fingerprint density at radius 1 is 1.00 bits per heavy atom. The zero-order valence-corrected chi connectivity index (χ0v) is 20.7. The fourth-order valence-corrected chi connectivity index (χ4v) is 4.64. The number of carbonyl (C=O) groups is 3. The molecule has 0 aliphatic heterocycles. The Bertz CT molecular complexity index is 1230. The molecule has 2 amide bonds. The van der Waals surface area contributed by atoms with Gasteiger partial charge in [-0.2, -0.15) is 0 Å². The molecule has 1 unspecified atom stereocenters. The summed E-state index contributed by atoms with van der Waals surface area (Å²) in [6.45, 7) is 2.00. The molecule has 35 heavy (non-hydrogen) atoms. The number of fused-ring (bicyclic) bond motifs is 3. The first-order valence-corrected chi connectivity index (χ1v) is 12.1. The van der Waals surface area contributed by atoms with E-state index in [1.165, 1.54) is 6.07 Å². The van der Waals surface area contributed by atoms with Crippen LogP contribution in [0.5, 0.6) is 0 Å². The van der Waals surface area contributed by atoms with E-state index >= 15 is 0 Å². The molecule has 1 atom stereocenters. The van der Waals surface area contributed by atoms with Crippen LogP contribution in [0, 0.1) is 0 Å². The molecule has 0 saturated carbocycles. The Labute approximate surface area is 211 Å². The molecule has 3 N–H and O–H groups in total. The number of anilines is 1. The van der Waals surface area contributed by atoms with Gasteiger partial charge < -0.3 is 20.5 Å². The molecule has 180 valence electrons. The zero-order chi connectivity index (χ0) is 24.9. The van der Waals surface area contributed by atoms with E-state index in [9.17, 15) is 19.5 Å². The molecule has 0 saturated heterocycles. The number of carboxylic acid groups (broad SMARTS) is 1. The predicted molar refractivity (Wildman–Crippen MR) is 137 cm³/mol. The Hall–Kier alpha value is -3.65. The average Bonchev–Trinajstić information content (AvgIpc) is 3.15. The number of amides is 2. The van der Waals surface area contributed by atoms with Crippen LogP contribution in [0.4, 0.5) is 10.5 Å². The monoisotopic (exact) mass is 536 g/mol. The quantitative estimate of drug-likeness (QED) is 0.337. The molecule has 0 aromatic heterocycles. The number of hydrogen-bond donors (Lipinski definition) is 3. The minimum absolute atomic E-state index is 0.00589. The van der Waals surface area contributed by atoms with Crippen LogP contribution in [0.2, 0.25) is 0 Å². The van der Waals surface area contributed by atoms with Crippen LogP contribution >= 0.6 is 15.9 Å². The highest BCUT2D eigenvalue weighted by Gasteiger charge is 2.29. The van der Waals surface area contributed by atoms with Crippen LogP contribution in [-0.4, -0.2) is 35.7 Å². The molecule has 1 aliphatic carbocycles. The summed E-state index contributed by atoms with van der Waals surface area (Å²) in [5.41, 5.74) is 4.82. The van der Waals surface area contributed by atoms with Crippen LogP contribution in [0.15, 0.2) is 71.2 Å². The standard InChI is InChI=1S/C27H25BrN2O5/c1-16(10-13-25(31)30-24-14-17(28)11-12-22(24)26(32)33)29-27(34)35-15-23-20-8-4-2-6-18(20)19-7-3-5-9-21(19)23/h2-9,11-12,14,16,23H,10,13,15H2,1H3,(H,29,34)(H,30,31)(H,32,33). The maximum atomic E-state index is 12.4. The summed E-state index contributed by atoms with van der Waals surface area (Å²) in [5.74, 6) is -1.49. The van der Waals surface area contributed by atoms with E-state index in [2.05, 4.69) is 50.8 Å². The first-order valence-electron chi connectivity index (χ1n) is 11.3. The van der Waals surface area contributed by atoms with Crippen molar-refractivity contribution in [1.82, 2.24) is 5.32 Å². The minimum Gasteiger partial charge on any atom is -0.478 e. The van der Waals surface area contributed by atoms with Crippen LogP contribution in [0.25, 0.3) is 11.1 Å². The molecule has 0 bridgehead atoms. The fraction of sp³-hybridized carbons (Fsp3) is 0.222. The lowest BCUT2D eigenvalue weighted by Crippen LogP contribution is -2.34. The van der Waals surface area contributed by atoms with Gasteiger partial charge >= 0.3 is 12.1 Å². The first-order chi connectivity index (χ1) is 16.8. The highest BCUT2D eigenvalue weighted by Crippen LogP contribution is 2.44. The Morgan fingerprint density at radius 2 is 1.63 bits per heavy atom. The summed E-state index contributed by atoms with van der Waals surface area (Å²) in [7, 11) is 0. The molecule has 0 heterocycles. The summed E-state index contributed by atoms with van der Waals surface area (Å²) in [4.78, 5) is 36.1. The van der Waals surface area contributed by atoms with E-state index in [1.807, 2.05) is 24.3 Å². The van der Waals surface area contributed by atoms with Crippen LogP contribution in [0.1, 0.15) is 47.2 Å². The predicted octanol–water partition coefficient (Wildman–Crippen LogP) is 5.79. The number of alkyl carbamates (subject to hydrolysis) is 1. The highest BCUT2D eigenvalue weighted by atomic mass is 79.9. The van der Waals surface area contributed by atoms with Gasteiger partial charge in [-0.1, -0.05) is 64.5 Å². The van der Waals surface area contributed by atoms with E-state index in [4.69, 9.17) is 4.74 Å². The van der Waals surface area contributed by atoms with Crippen molar-refractivity contribution in [2.24, 2.45) is 0 Å². The Morgan fingerprint density at radius 3 is 2.26 bits per heavy atom. The molecule has 0 fully saturated rings. The summed E-state index contributed by atoms with van der Waals surface area (Å²) < 4.78 is 6.20. The summed E-state index contributed by atoms with van der Waals surface area (Å²) in [5, 5.41) is 14.7. The number of nitrogens with one attached hydrogen (secondary N) is 2. The second kappa shape index (κ2) is 10.7. The smallest absolute Gasteiger partial charge is 0.407 e. The number of benzene rings is 3. The summed E-state index contributed by atoms with van der Waals surface area (Å²) >= 11 is 3.28. The Balaban J connectivity index is 1.27. The number of halogens is 1. The molecule has 3 aromatic carbocycles. The third kappa shape index (κ3) is 5.71. The number of carbonyl (C=O) groups excluding carboxylic acids is 2. The largest absolute Gasteiger partial charge is 0.478 e. The lowest BCUT2D eigenvalue weighted by molar-refractivity contribution is -0.116. The molecule has 1 aliphatic rings. The number of rotatable bonds is 8. The van der Waals surface area contributed by atoms with Crippen molar-refractivity contribution in [3.8, 4) is 11.1 Å². The third-order valence-corrected chi connectivity index (χ3v) is 6.49. The van der Waals surface area contributed by atoms with Crippen molar-refractivity contribution in [1.29, 1.82) is 0 Å². The first kappa shape index (κ1) is 24.5. The van der Waals surface area contributed by atoms with Gasteiger partial charge in [0.1, 0.15) is 6.61 Å². The van der Waals surface area contributed by atoms with Crippen LogP contribution < -0.4 is 10.6 Å². The van der Waals surface area contributed by atoms with E-state index in [1.54, 1.807) is 19.1 Å². The van der Waals surface area contributed by atoms with Crippen molar-refractivity contribution >= 4 is 39.6 Å². The number of aromatic carboxylic acids is 1. The van der Waals surface area contributed by atoms with Gasteiger partial charge in [-0.3, -0.25) is 4.79 Å². The van der Waals surface area contributed by atoms with E-state index in [0.717, 1.165) is 22.3 Å². The van der Waals surface area contributed by atoms with Gasteiger partial charge in [0.2, 0.25) is 5.91 Å². The normalized spacial score (nSPS) is 12.9. The van der Waals surface area contributed by atoms with E-state index < -0.39 is 12.1 Å². The van der Waals surface area contributed by atoms with E-state index in [0.29, 0.717) is 10.9 Å². The number of ether oxygens (including phenoxy) is 1. The van der Waals surface area contributed by atoms with Gasteiger partial charge in [-0.25, -0.2) is 9.59 Å². The van der Waals surface area contributed by atoms with Gasteiger partial charge in [0.25, 0.3) is 0 Å². The van der Waals surface area contributed by atoms with Crippen molar-refractivity contribution in [3.05, 3.63) is 87.9 Å². The molecular formula is C27H25BrN2O5. The topological polar surface area (TPSA) is 105 Å². The van der Waals surface area contributed by atoms with Gasteiger partial charge in [0.15, 0.2) is 0 Å². The van der Waals surface area contributed by atoms with Crippen molar-refractivity contribution < 1.29 is 24.2 Å². The lowest BCUT2D eigenvalue weighted by Gasteiger charge is -2.17. The second-order valence-electron chi connectivity index (χ2n) is 8.45. The lowest BCUT2D eigenvalue weighted by atomic mass is 9.98. The summed E-state index contributed by atoms with van der Waals surface area (Å²) in [6, 6.07) is 20.5. The molecule has 4 rings (SSSR count). The van der Waals surface area contributed by atoms with Crippen LogP contribution in [0.3, 0.4) is 0 Å². The van der Waals surface area contributed by atoms with Gasteiger partial charge in [-0.05, 0) is 53.8 Å². The number of carboxylic acids is 1. The van der Waals surface area contributed by atoms with Crippen LogP contribution in [-0.2, 0) is 9.53 Å². The van der Waals surface area contributed by atoms with E-state index in [-0.39, 0.29) is 42.1 Å². The molecule has 7 nitrogen and oxygen atoms in total. The van der Waals surface area contributed by atoms with Crippen molar-refractivity contribution in [2.45, 2.75) is 31.7 Å². The maximum absolute atomic E-state index is 12.4. The highest BCUT2D eigenvalue weighted by molar-refractivity contribution is 9.10. The molecule has 3 aromatic rings. The van der Waals surface area contributed by atoms with Crippen molar-refractivity contribution in [2.75, 3.05) is 11.9 Å². The molecular weight excluding hydrogens is 512 g/mol. The molecule has 8 heteroatoms. The minimum atomic E-state index is -1.13. The SMILES string of the molecule is CC(CCC(=O)Nc1cc(Br)ccc1C(=O)O)NC(=O)OCC1c2ccccc2-c2ccccc21. The van der Waals surface area contributed by atoms with Gasteiger partial charge in [0.05, 0.1) is 11.3 Å². The number of hydrogen-bond acceptors (Lipinski definition) is 4. The maximum Gasteiger partial charge on any atom is 0.407 e. The average molecular weight is 537 g/mol. The summed E-state index contributed by atoms with van der Waals surface area (Å²) in [6.07, 6.45) is -0.0667. The third-order valence-electron chi connectivity index (χ3n) is 6.00. The Kier molecular flexibility index (Phi) is 7.51. The fourth-order valence-electron chi connectivity index (χ4n) is 4.28. The van der Waals surface area contributed by atoms with Gasteiger partial charge in [-0.15, -0.1) is 0 Å². The molecule has 0 radical (unpaired) electrons. The second-order valence-corrected chi connectivity index (χ2v) is 9.37. The molecule has 0 spiro atoms. The van der Waals surface area contributed by atoms with Crippen molar-refractivity contribution in [3.63, 3.8) is 0 Å².